The number of rotatable bonds is 6. The van der Waals surface area contributed by atoms with Crippen LogP contribution in [0.15, 0.2) is 48.5 Å². The molecule has 1 aliphatic heterocycles. The normalized spacial score (nSPS) is 20.8. The largest absolute Gasteiger partial charge is 0.478 e. The maximum absolute atomic E-state index is 13.6. The molecule has 3 aromatic rings. The predicted molar refractivity (Wildman–Crippen MR) is 153 cm³/mol. The first-order valence-corrected chi connectivity index (χ1v) is 14.1. The number of halogens is 1. The molecule has 0 spiro atoms. The molecule has 216 valence electrons. The molecule has 2 heterocycles. The van der Waals surface area contributed by atoms with Crippen LogP contribution in [0.4, 0.5) is 4.79 Å². The molecule has 0 radical (unpaired) electrons. The number of hydrogen-bond acceptors (Lipinski definition) is 6. The first-order valence-electron chi connectivity index (χ1n) is 13.8. The third-order valence-corrected chi connectivity index (χ3v) is 8.13. The summed E-state index contributed by atoms with van der Waals surface area (Å²) in [5.41, 5.74) is 0.859. The van der Waals surface area contributed by atoms with Crippen molar-refractivity contribution < 1.29 is 24.2 Å². The number of hydrogen-bond donors (Lipinski definition) is 2. The van der Waals surface area contributed by atoms with Crippen molar-refractivity contribution in [2.75, 3.05) is 13.1 Å². The Kier molecular flexibility index (Phi) is 7.78. The average Bonchev–Trinajstić information content (AvgIpc) is 3.37. The van der Waals surface area contributed by atoms with Crippen LogP contribution in [-0.2, 0) is 16.7 Å². The van der Waals surface area contributed by atoms with E-state index >= 15 is 0 Å². The first-order chi connectivity index (χ1) is 19.5. The van der Waals surface area contributed by atoms with Crippen molar-refractivity contribution in [2.24, 2.45) is 0 Å². The highest BCUT2D eigenvalue weighted by Crippen LogP contribution is 2.42. The second-order valence-corrected chi connectivity index (χ2v) is 12.2. The zero-order chi connectivity index (χ0) is 29.4. The van der Waals surface area contributed by atoms with Gasteiger partial charge in [0.25, 0.3) is 5.91 Å². The minimum Gasteiger partial charge on any atom is -0.478 e. The maximum Gasteiger partial charge on any atom is 0.407 e. The molecule has 0 bridgehead atoms. The summed E-state index contributed by atoms with van der Waals surface area (Å²) in [5, 5.41) is 21.4. The molecule has 1 aromatic heterocycles. The summed E-state index contributed by atoms with van der Waals surface area (Å²) >= 11 is 6.35. The number of aromatic carboxylic acids is 1. The smallest absolute Gasteiger partial charge is 0.407 e. The number of fused-ring (bicyclic) bond motifs is 1. The fraction of sp³-hybridized carbons (Fsp3) is 0.433. The summed E-state index contributed by atoms with van der Waals surface area (Å²) < 4.78 is 7.24. The Bertz CT molecular complexity index is 1470. The quantitative estimate of drug-likeness (QED) is 0.413. The lowest BCUT2D eigenvalue weighted by Gasteiger charge is -2.45. The maximum atomic E-state index is 13.6. The molecule has 1 fully saturated rings. The van der Waals surface area contributed by atoms with Gasteiger partial charge >= 0.3 is 12.1 Å². The topological polar surface area (TPSA) is 127 Å². The zero-order valence-electron chi connectivity index (χ0n) is 23.4. The van der Waals surface area contributed by atoms with Crippen molar-refractivity contribution in [3.05, 3.63) is 70.5 Å². The van der Waals surface area contributed by atoms with Crippen LogP contribution in [0, 0.1) is 0 Å². The molecule has 0 saturated heterocycles. The second-order valence-electron chi connectivity index (χ2n) is 11.8. The van der Waals surface area contributed by atoms with E-state index < -0.39 is 17.7 Å². The average molecular weight is 580 g/mol. The Morgan fingerprint density at radius 1 is 1.07 bits per heavy atom. The van der Waals surface area contributed by atoms with E-state index in [0.29, 0.717) is 36.0 Å². The molecular formula is C30H34ClN5O5. The molecule has 2 aromatic carbocycles. The van der Waals surface area contributed by atoms with Crippen LogP contribution >= 0.6 is 11.6 Å². The zero-order valence-corrected chi connectivity index (χ0v) is 24.1. The van der Waals surface area contributed by atoms with E-state index in [-0.39, 0.29) is 28.8 Å². The van der Waals surface area contributed by atoms with Gasteiger partial charge in [0.05, 0.1) is 5.56 Å². The van der Waals surface area contributed by atoms with E-state index in [1.165, 1.54) is 6.07 Å². The fourth-order valence-electron chi connectivity index (χ4n) is 5.87. The van der Waals surface area contributed by atoms with Crippen molar-refractivity contribution in [1.29, 1.82) is 0 Å². The monoisotopic (exact) mass is 579 g/mol. The molecule has 2 N–H and O–H groups in total. The highest BCUT2D eigenvalue weighted by Gasteiger charge is 2.42. The number of alkyl carbamates (subject to hydrolysis) is 1. The number of nitrogens with zero attached hydrogens (tertiary/aromatic N) is 4. The molecule has 2 aliphatic rings. The third kappa shape index (κ3) is 6.07. The Morgan fingerprint density at radius 2 is 1.78 bits per heavy atom. The summed E-state index contributed by atoms with van der Waals surface area (Å²) in [4.78, 5) is 39.4. The van der Waals surface area contributed by atoms with Gasteiger partial charge in [-0.1, -0.05) is 35.9 Å². The third-order valence-electron chi connectivity index (χ3n) is 7.90. The minimum atomic E-state index is -1.03. The number of carbonyl (C=O) groups is 3. The van der Waals surface area contributed by atoms with E-state index in [2.05, 4.69) is 15.5 Å². The fourth-order valence-corrected chi connectivity index (χ4v) is 6.06. The van der Waals surface area contributed by atoms with Gasteiger partial charge < -0.3 is 24.6 Å². The van der Waals surface area contributed by atoms with E-state index in [4.69, 9.17) is 16.3 Å². The summed E-state index contributed by atoms with van der Waals surface area (Å²) in [5.74, 6) is -0.477. The number of amides is 2. The van der Waals surface area contributed by atoms with Gasteiger partial charge in [-0.2, -0.15) is 0 Å². The Balaban J connectivity index is 1.32. The van der Waals surface area contributed by atoms with E-state index in [1.807, 2.05) is 49.9 Å². The molecule has 41 heavy (non-hydrogen) atoms. The van der Waals surface area contributed by atoms with E-state index in [9.17, 15) is 19.5 Å². The first kappa shape index (κ1) is 28.6. The standard InChI is InChI=1S/C30H34ClN5O5/c1-29(2,3)41-28(40)32-18-30(21-8-5-9-22(31)17-21)12-10-23(11-13-30)35-14-15-36-24(33-34-25(36)26(35)37)19-6-4-7-20(16-19)27(38)39/h4-9,16-17,23H,10-15,18H2,1-3H3,(H,32,40)(H,38,39)/t23-,30+. The van der Waals surface area contributed by atoms with Gasteiger partial charge in [-0.05, 0) is 76.3 Å². The number of aromatic nitrogens is 3. The lowest BCUT2D eigenvalue weighted by molar-refractivity contribution is 0.0469. The van der Waals surface area contributed by atoms with Gasteiger partial charge in [0.15, 0.2) is 5.82 Å². The number of carboxylic acid groups (broad SMARTS) is 1. The van der Waals surface area contributed by atoms with Crippen molar-refractivity contribution in [3.63, 3.8) is 0 Å². The summed E-state index contributed by atoms with van der Waals surface area (Å²) in [6.45, 7) is 6.90. The molecule has 2 amide bonds. The number of carbonyl (C=O) groups excluding carboxylic acids is 2. The molecule has 11 heteroatoms. The molecule has 1 saturated carbocycles. The molecular weight excluding hydrogens is 546 g/mol. The SMILES string of the molecule is CC(C)(C)OC(=O)NC[C@]1(c2cccc(Cl)c2)CC[C@@H](N2CCn3c(nnc3-c3cccc(C(=O)O)c3)C2=O)CC1. The number of benzene rings is 2. The van der Waals surface area contributed by atoms with Crippen LogP contribution in [0.1, 0.15) is 73.0 Å². The molecule has 0 unspecified atom stereocenters. The van der Waals surface area contributed by atoms with Gasteiger partial charge in [-0.15, -0.1) is 10.2 Å². The second kappa shape index (κ2) is 11.2. The van der Waals surface area contributed by atoms with E-state index in [1.54, 1.807) is 22.8 Å². The molecule has 0 atom stereocenters. The highest BCUT2D eigenvalue weighted by atomic mass is 35.5. The summed E-state index contributed by atoms with van der Waals surface area (Å²) in [6, 6.07) is 14.2. The number of nitrogens with one attached hydrogen (secondary N) is 1. The van der Waals surface area contributed by atoms with Crippen molar-refractivity contribution in [2.45, 2.75) is 70.1 Å². The molecule has 5 rings (SSSR count). The number of ether oxygens (including phenoxy) is 1. The van der Waals surface area contributed by atoms with Crippen LogP contribution < -0.4 is 5.32 Å². The van der Waals surface area contributed by atoms with Crippen LogP contribution in [0.2, 0.25) is 5.02 Å². The van der Waals surface area contributed by atoms with Gasteiger partial charge in [0.2, 0.25) is 5.82 Å². The summed E-state index contributed by atoms with van der Waals surface area (Å²) in [7, 11) is 0. The van der Waals surface area contributed by atoms with Gasteiger partial charge in [0.1, 0.15) is 5.60 Å². The Labute approximate surface area is 243 Å². The lowest BCUT2D eigenvalue weighted by Crippen LogP contribution is -2.51. The van der Waals surface area contributed by atoms with Crippen LogP contribution in [0.25, 0.3) is 11.4 Å². The predicted octanol–water partition coefficient (Wildman–Crippen LogP) is 5.16. The van der Waals surface area contributed by atoms with E-state index in [0.717, 1.165) is 31.2 Å². The number of carboxylic acids is 1. The summed E-state index contributed by atoms with van der Waals surface area (Å²) in [6.07, 6.45) is 2.53. The van der Waals surface area contributed by atoms with Crippen LogP contribution in [-0.4, -0.2) is 67.5 Å². The molecule has 10 nitrogen and oxygen atoms in total. The molecule has 1 aliphatic carbocycles. The van der Waals surface area contributed by atoms with Crippen molar-refractivity contribution >= 4 is 29.6 Å². The minimum absolute atomic E-state index is 0.0144. The van der Waals surface area contributed by atoms with Crippen LogP contribution in [0.5, 0.6) is 0 Å². The van der Waals surface area contributed by atoms with Gasteiger partial charge in [-0.25, -0.2) is 9.59 Å². The highest BCUT2D eigenvalue weighted by molar-refractivity contribution is 6.30. The Hall–Kier alpha value is -3.92. The van der Waals surface area contributed by atoms with Crippen molar-refractivity contribution in [3.8, 4) is 11.4 Å². The van der Waals surface area contributed by atoms with Crippen molar-refractivity contribution in [1.82, 2.24) is 25.0 Å². The van der Waals surface area contributed by atoms with Crippen LogP contribution in [0.3, 0.4) is 0 Å². The lowest BCUT2D eigenvalue weighted by atomic mass is 9.67. The van der Waals surface area contributed by atoms with Gasteiger partial charge in [-0.3, -0.25) is 4.79 Å². The Morgan fingerprint density at radius 3 is 2.46 bits per heavy atom. The van der Waals surface area contributed by atoms with Gasteiger partial charge in [0, 0.05) is 41.7 Å².